The summed E-state index contributed by atoms with van der Waals surface area (Å²) < 4.78 is 0. The standard InChI is InChI=1S/C23H24N2O3/c26-15-19-13-18-9-4-5-10-20(18)24-21(19)25-12-6-11-23(16-25,22(27)28)14-17-7-2-1-3-8-17/h1-5,7-10,13,26H,6,11-12,14-16H2,(H,27,28)/t23-/m1/s1. The molecule has 3 aromatic rings. The van der Waals surface area contributed by atoms with Gasteiger partial charge >= 0.3 is 5.97 Å². The maximum atomic E-state index is 12.3. The van der Waals surface area contributed by atoms with E-state index in [0.29, 0.717) is 25.2 Å². The number of pyridine rings is 1. The van der Waals surface area contributed by atoms with Gasteiger partial charge in [0.05, 0.1) is 17.5 Å². The summed E-state index contributed by atoms with van der Waals surface area (Å²) in [5.74, 6) is -0.0769. The molecule has 5 heteroatoms. The number of aliphatic hydroxyl groups excluding tert-OH is 1. The van der Waals surface area contributed by atoms with Crippen molar-refractivity contribution in [3.63, 3.8) is 0 Å². The Morgan fingerprint density at radius 2 is 1.86 bits per heavy atom. The van der Waals surface area contributed by atoms with Crippen LogP contribution in [0.1, 0.15) is 24.0 Å². The minimum Gasteiger partial charge on any atom is -0.481 e. The number of para-hydroxylation sites is 1. The molecule has 1 saturated heterocycles. The lowest BCUT2D eigenvalue weighted by Gasteiger charge is -2.41. The van der Waals surface area contributed by atoms with E-state index in [-0.39, 0.29) is 6.61 Å². The van der Waals surface area contributed by atoms with Crippen molar-refractivity contribution in [3.8, 4) is 0 Å². The van der Waals surface area contributed by atoms with Crippen LogP contribution < -0.4 is 4.90 Å². The zero-order chi connectivity index (χ0) is 19.6. The Bertz CT molecular complexity index is 990. The molecule has 1 aliphatic heterocycles. The fraction of sp³-hybridized carbons (Fsp3) is 0.304. The molecule has 4 rings (SSSR count). The van der Waals surface area contributed by atoms with Gasteiger partial charge in [-0.1, -0.05) is 48.5 Å². The first-order chi connectivity index (χ1) is 13.6. The van der Waals surface area contributed by atoms with Gasteiger partial charge in [0.2, 0.25) is 0 Å². The third-order valence-electron chi connectivity index (χ3n) is 5.67. The van der Waals surface area contributed by atoms with Crippen LogP contribution in [0.5, 0.6) is 0 Å². The quantitative estimate of drug-likeness (QED) is 0.711. The molecule has 2 heterocycles. The molecular formula is C23H24N2O3. The number of nitrogens with zero attached hydrogens (tertiary/aromatic N) is 2. The van der Waals surface area contributed by atoms with E-state index >= 15 is 0 Å². The lowest BCUT2D eigenvalue weighted by atomic mass is 9.75. The minimum absolute atomic E-state index is 0.123. The number of carboxylic acids is 1. The Kier molecular flexibility index (Phi) is 5.01. The van der Waals surface area contributed by atoms with Gasteiger partial charge in [-0.15, -0.1) is 0 Å². The average Bonchev–Trinajstić information content (AvgIpc) is 2.73. The van der Waals surface area contributed by atoms with E-state index in [0.717, 1.165) is 35.0 Å². The number of hydrogen-bond donors (Lipinski definition) is 2. The largest absolute Gasteiger partial charge is 0.481 e. The van der Waals surface area contributed by atoms with Crippen LogP contribution in [0, 0.1) is 5.41 Å². The second-order valence-corrected chi connectivity index (χ2v) is 7.59. The van der Waals surface area contributed by atoms with Gasteiger partial charge in [-0.2, -0.15) is 0 Å². The summed E-state index contributed by atoms with van der Waals surface area (Å²) in [7, 11) is 0. The second kappa shape index (κ2) is 7.60. The summed E-state index contributed by atoms with van der Waals surface area (Å²) in [6, 6.07) is 19.5. The van der Waals surface area contributed by atoms with Gasteiger partial charge < -0.3 is 15.1 Å². The van der Waals surface area contributed by atoms with Crippen LogP contribution in [-0.4, -0.2) is 34.3 Å². The molecule has 0 spiro atoms. The van der Waals surface area contributed by atoms with Crippen molar-refractivity contribution in [3.05, 3.63) is 71.8 Å². The molecule has 0 aliphatic carbocycles. The third kappa shape index (κ3) is 3.45. The Balaban J connectivity index is 1.71. The van der Waals surface area contributed by atoms with Crippen molar-refractivity contribution in [1.82, 2.24) is 4.98 Å². The highest BCUT2D eigenvalue weighted by Crippen LogP contribution is 2.37. The molecule has 1 atom stereocenters. The van der Waals surface area contributed by atoms with Crippen LogP contribution in [0.25, 0.3) is 10.9 Å². The van der Waals surface area contributed by atoms with Gasteiger partial charge in [-0.25, -0.2) is 4.98 Å². The topological polar surface area (TPSA) is 73.7 Å². The highest BCUT2D eigenvalue weighted by Gasteiger charge is 2.43. The average molecular weight is 376 g/mol. The van der Waals surface area contributed by atoms with Gasteiger partial charge in [0.25, 0.3) is 0 Å². The zero-order valence-corrected chi connectivity index (χ0v) is 15.7. The molecule has 28 heavy (non-hydrogen) atoms. The van der Waals surface area contributed by atoms with Crippen LogP contribution in [0.2, 0.25) is 0 Å². The summed E-state index contributed by atoms with van der Waals surface area (Å²) in [6.45, 7) is 1.00. The van der Waals surface area contributed by atoms with E-state index in [1.807, 2.05) is 65.6 Å². The predicted octanol–water partition coefficient (Wildman–Crippen LogP) is 3.64. The first-order valence-electron chi connectivity index (χ1n) is 9.63. The smallest absolute Gasteiger partial charge is 0.311 e. The van der Waals surface area contributed by atoms with Gasteiger partial charge in [-0.3, -0.25) is 4.79 Å². The molecular weight excluding hydrogens is 352 g/mol. The molecule has 0 amide bonds. The molecule has 1 aromatic heterocycles. The highest BCUT2D eigenvalue weighted by molar-refractivity contribution is 5.82. The lowest BCUT2D eigenvalue weighted by molar-refractivity contribution is -0.149. The van der Waals surface area contributed by atoms with Crippen LogP contribution in [0.3, 0.4) is 0 Å². The summed E-state index contributed by atoms with van der Waals surface area (Å²) in [5, 5.41) is 21.0. The summed E-state index contributed by atoms with van der Waals surface area (Å²) in [4.78, 5) is 19.1. The minimum atomic E-state index is -0.861. The number of fused-ring (bicyclic) bond motifs is 1. The lowest BCUT2D eigenvalue weighted by Crippen LogP contribution is -2.49. The van der Waals surface area contributed by atoms with Crippen molar-refractivity contribution in [1.29, 1.82) is 0 Å². The van der Waals surface area contributed by atoms with E-state index < -0.39 is 11.4 Å². The van der Waals surface area contributed by atoms with Crippen LogP contribution in [0.15, 0.2) is 60.7 Å². The fourth-order valence-electron chi connectivity index (χ4n) is 4.23. The Morgan fingerprint density at radius 1 is 1.11 bits per heavy atom. The Morgan fingerprint density at radius 3 is 2.61 bits per heavy atom. The third-order valence-corrected chi connectivity index (χ3v) is 5.67. The predicted molar refractivity (Wildman–Crippen MR) is 109 cm³/mol. The molecule has 0 saturated carbocycles. The molecule has 1 fully saturated rings. The summed E-state index contributed by atoms with van der Waals surface area (Å²) >= 11 is 0. The molecule has 0 unspecified atom stereocenters. The van der Waals surface area contributed by atoms with Gasteiger partial charge in [0.1, 0.15) is 5.82 Å². The second-order valence-electron chi connectivity index (χ2n) is 7.59. The molecule has 2 aromatic carbocycles. The molecule has 0 radical (unpaired) electrons. The number of hydrogen-bond acceptors (Lipinski definition) is 4. The number of rotatable bonds is 5. The number of aliphatic hydroxyl groups is 1. The normalized spacial score (nSPS) is 19.7. The Labute approximate surface area is 164 Å². The van der Waals surface area contributed by atoms with E-state index in [1.54, 1.807) is 0 Å². The monoisotopic (exact) mass is 376 g/mol. The highest BCUT2D eigenvalue weighted by atomic mass is 16.4. The molecule has 1 aliphatic rings. The van der Waals surface area contributed by atoms with Crippen LogP contribution in [-0.2, 0) is 17.8 Å². The van der Waals surface area contributed by atoms with Crippen molar-refractivity contribution in [2.45, 2.75) is 25.9 Å². The van der Waals surface area contributed by atoms with Crippen molar-refractivity contribution >= 4 is 22.7 Å². The zero-order valence-electron chi connectivity index (χ0n) is 15.7. The van der Waals surface area contributed by atoms with Gasteiger partial charge in [0.15, 0.2) is 0 Å². The maximum Gasteiger partial charge on any atom is 0.311 e. The van der Waals surface area contributed by atoms with Gasteiger partial charge in [0, 0.05) is 24.0 Å². The number of aliphatic carboxylic acids is 1. The van der Waals surface area contributed by atoms with Crippen molar-refractivity contribution in [2.75, 3.05) is 18.0 Å². The van der Waals surface area contributed by atoms with E-state index in [9.17, 15) is 15.0 Å². The number of piperidine rings is 1. The van der Waals surface area contributed by atoms with Crippen LogP contribution >= 0.6 is 0 Å². The Hall–Kier alpha value is -2.92. The summed E-state index contributed by atoms with van der Waals surface area (Å²) in [6.07, 6.45) is 1.90. The van der Waals surface area contributed by atoms with E-state index in [1.165, 1.54) is 0 Å². The molecule has 144 valence electrons. The van der Waals surface area contributed by atoms with Gasteiger partial charge in [-0.05, 0) is 37.0 Å². The molecule has 2 N–H and O–H groups in total. The number of benzene rings is 2. The summed E-state index contributed by atoms with van der Waals surface area (Å²) in [5.41, 5.74) is 1.75. The maximum absolute atomic E-state index is 12.3. The van der Waals surface area contributed by atoms with E-state index in [2.05, 4.69) is 0 Å². The fourth-order valence-corrected chi connectivity index (χ4v) is 4.23. The first-order valence-corrected chi connectivity index (χ1v) is 9.63. The van der Waals surface area contributed by atoms with Crippen LogP contribution in [0.4, 0.5) is 5.82 Å². The number of aromatic nitrogens is 1. The molecule has 5 nitrogen and oxygen atoms in total. The number of anilines is 1. The van der Waals surface area contributed by atoms with Crippen molar-refractivity contribution < 1.29 is 15.0 Å². The molecule has 0 bridgehead atoms. The number of carboxylic acid groups (broad SMARTS) is 1. The SMILES string of the molecule is O=C(O)[C@@]1(Cc2ccccc2)CCCN(c2nc3ccccc3cc2CO)C1. The number of carbonyl (C=O) groups is 1. The van der Waals surface area contributed by atoms with E-state index in [4.69, 9.17) is 4.98 Å². The van der Waals surface area contributed by atoms with Crippen molar-refractivity contribution in [2.24, 2.45) is 5.41 Å². The first kappa shape index (κ1) is 18.4.